The summed E-state index contributed by atoms with van der Waals surface area (Å²) in [6.45, 7) is 2.78. The molecule has 0 bridgehead atoms. The van der Waals surface area contributed by atoms with Crippen LogP contribution in [0.2, 0.25) is 0 Å². The molecule has 1 aliphatic rings. The van der Waals surface area contributed by atoms with E-state index in [0.29, 0.717) is 6.42 Å². The Labute approximate surface area is 106 Å². The first-order valence-electron chi connectivity index (χ1n) is 6.43. The Morgan fingerprint density at radius 1 is 1.50 bits per heavy atom. The average molecular weight is 243 g/mol. The summed E-state index contributed by atoms with van der Waals surface area (Å²) in [5.41, 5.74) is 2.82. The number of hydrogen-bond acceptors (Lipinski definition) is 2. The fourth-order valence-corrected chi connectivity index (χ4v) is 2.17. The van der Waals surface area contributed by atoms with Gasteiger partial charge >= 0.3 is 0 Å². The van der Waals surface area contributed by atoms with Gasteiger partial charge in [0, 0.05) is 12.7 Å². The van der Waals surface area contributed by atoms with Crippen LogP contribution in [0.4, 0.5) is 0 Å². The van der Waals surface area contributed by atoms with Crippen LogP contribution in [0.15, 0.2) is 24.4 Å². The molecule has 0 aliphatic heterocycles. The molecule has 0 atom stereocenters. The van der Waals surface area contributed by atoms with Crippen molar-refractivity contribution in [3.05, 3.63) is 35.8 Å². The third-order valence-electron chi connectivity index (χ3n) is 3.44. The van der Waals surface area contributed by atoms with E-state index in [1.54, 1.807) is 0 Å². The number of pyridine rings is 1. The van der Waals surface area contributed by atoms with Crippen molar-refractivity contribution < 1.29 is 4.79 Å². The van der Waals surface area contributed by atoms with Crippen molar-refractivity contribution in [1.82, 2.24) is 14.7 Å². The standard InChI is InChI=1S/C14H17N3O/c1-10-12(8-14(18)15-9-11-5-6-11)17-7-3-2-4-13(17)16-10/h2-4,7,11H,5-6,8-9H2,1H3,(H,15,18). The largest absolute Gasteiger partial charge is 0.355 e. The summed E-state index contributed by atoms with van der Waals surface area (Å²) in [6.07, 6.45) is 4.88. The van der Waals surface area contributed by atoms with Crippen molar-refractivity contribution in [3.63, 3.8) is 0 Å². The van der Waals surface area contributed by atoms with Gasteiger partial charge in [-0.2, -0.15) is 0 Å². The Hall–Kier alpha value is -1.84. The zero-order valence-corrected chi connectivity index (χ0v) is 10.5. The average Bonchev–Trinajstić information content (AvgIpc) is 3.14. The topological polar surface area (TPSA) is 46.4 Å². The van der Waals surface area contributed by atoms with E-state index < -0.39 is 0 Å². The van der Waals surface area contributed by atoms with E-state index in [9.17, 15) is 4.79 Å². The van der Waals surface area contributed by atoms with Gasteiger partial charge in [0.25, 0.3) is 0 Å². The van der Waals surface area contributed by atoms with Gasteiger partial charge < -0.3 is 9.72 Å². The van der Waals surface area contributed by atoms with Crippen LogP contribution < -0.4 is 5.32 Å². The third kappa shape index (κ3) is 2.23. The minimum atomic E-state index is 0.0932. The number of aryl methyl sites for hydroxylation is 1. The van der Waals surface area contributed by atoms with Crippen molar-refractivity contribution >= 4 is 11.6 Å². The first-order valence-corrected chi connectivity index (χ1v) is 6.43. The molecule has 2 aromatic heterocycles. The molecule has 4 heteroatoms. The third-order valence-corrected chi connectivity index (χ3v) is 3.44. The Morgan fingerprint density at radius 2 is 2.33 bits per heavy atom. The monoisotopic (exact) mass is 243 g/mol. The van der Waals surface area contributed by atoms with E-state index in [1.807, 2.05) is 35.7 Å². The second-order valence-electron chi connectivity index (χ2n) is 5.00. The minimum absolute atomic E-state index is 0.0932. The van der Waals surface area contributed by atoms with Crippen molar-refractivity contribution in [2.75, 3.05) is 6.54 Å². The van der Waals surface area contributed by atoms with E-state index in [2.05, 4.69) is 10.3 Å². The molecule has 4 nitrogen and oxygen atoms in total. The lowest BCUT2D eigenvalue weighted by Crippen LogP contribution is -2.27. The molecule has 18 heavy (non-hydrogen) atoms. The molecule has 0 unspecified atom stereocenters. The Balaban J connectivity index is 1.76. The van der Waals surface area contributed by atoms with Crippen LogP contribution in [0.1, 0.15) is 24.2 Å². The van der Waals surface area contributed by atoms with Crippen LogP contribution in [0.25, 0.3) is 5.65 Å². The van der Waals surface area contributed by atoms with E-state index in [4.69, 9.17) is 0 Å². The van der Waals surface area contributed by atoms with Crippen LogP contribution in [-0.2, 0) is 11.2 Å². The molecule has 0 saturated heterocycles. The fourth-order valence-electron chi connectivity index (χ4n) is 2.17. The van der Waals surface area contributed by atoms with E-state index in [-0.39, 0.29) is 5.91 Å². The van der Waals surface area contributed by atoms with Crippen molar-refractivity contribution in [2.24, 2.45) is 5.92 Å². The maximum absolute atomic E-state index is 11.9. The van der Waals surface area contributed by atoms with Crippen molar-refractivity contribution in [3.8, 4) is 0 Å². The number of amides is 1. The zero-order valence-electron chi connectivity index (χ0n) is 10.5. The quantitative estimate of drug-likeness (QED) is 0.888. The van der Waals surface area contributed by atoms with Gasteiger partial charge in [-0.1, -0.05) is 6.07 Å². The lowest BCUT2D eigenvalue weighted by molar-refractivity contribution is -0.120. The van der Waals surface area contributed by atoms with Crippen LogP contribution in [-0.4, -0.2) is 21.8 Å². The first-order chi connectivity index (χ1) is 8.74. The lowest BCUT2D eigenvalue weighted by Gasteiger charge is -2.05. The number of fused-ring (bicyclic) bond motifs is 1. The predicted molar refractivity (Wildman–Crippen MR) is 69.4 cm³/mol. The molecule has 0 radical (unpaired) electrons. The number of aromatic nitrogens is 2. The highest BCUT2D eigenvalue weighted by Crippen LogP contribution is 2.27. The summed E-state index contributed by atoms with van der Waals surface area (Å²) in [4.78, 5) is 16.3. The maximum atomic E-state index is 11.9. The molecule has 1 aliphatic carbocycles. The number of nitrogens with zero attached hydrogens (tertiary/aromatic N) is 2. The number of imidazole rings is 1. The summed E-state index contributed by atoms with van der Waals surface area (Å²) in [7, 11) is 0. The number of rotatable bonds is 4. The van der Waals surface area contributed by atoms with Crippen molar-refractivity contribution in [1.29, 1.82) is 0 Å². The fraction of sp³-hybridized carbons (Fsp3) is 0.429. The van der Waals surface area contributed by atoms with Gasteiger partial charge in [0.2, 0.25) is 5.91 Å². The number of nitrogens with one attached hydrogen (secondary N) is 1. The molecule has 0 spiro atoms. The molecule has 94 valence electrons. The van der Waals surface area contributed by atoms with E-state index >= 15 is 0 Å². The molecule has 1 fully saturated rings. The van der Waals surface area contributed by atoms with Crippen LogP contribution in [0.3, 0.4) is 0 Å². The SMILES string of the molecule is Cc1nc2ccccn2c1CC(=O)NCC1CC1. The summed E-state index contributed by atoms with van der Waals surface area (Å²) in [5, 5.41) is 2.99. The van der Waals surface area contributed by atoms with E-state index in [0.717, 1.165) is 29.5 Å². The minimum Gasteiger partial charge on any atom is -0.355 e. The Bertz CT molecular complexity index is 584. The second kappa shape index (κ2) is 4.44. The molecule has 2 aromatic rings. The van der Waals surface area contributed by atoms with Gasteiger partial charge in [-0.15, -0.1) is 0 Å². The Morgan fingerprint density at radius 3 is 3.11 bits per heavy atom. The summed E-state index contributed by atoms with van der Waals surface area (Å²) in [6, 6.07) is 5.87. The van der Waals surface area contributed by atoms with Crippen LogP contribution in [0.5, 0.6) is 0 Å². The van der Waals surface area contributed by atoms with Gasteiger partial charge in [-0.05, 0) is 37.8 Å². The molecule has 1 N–H and O–H groups in total. The number of hydrogen-bond donors (Lipinski definition) is 1. The highest BCUT2D eigenvalue weighted by molar-refractivity contribution is 5.78. The summed E-state index contributed by atoms with van der Waals surface area (Å²) >= 11 is 0. The van der Waals surface area contributed by atoms with E-state index in [1.165, 1.54) is 12.8 Å². The molecule has 3 rings (SSSR count). The molecular weight excluding hydrogens is 226 g/mol. The second-order valence-corrected chi connectivity index (χ2v) is 5.00. The van der Waals surface area contributed by atoms with Crippen LogP contribution >= 0.6 is 0 Å². The highest BCUT2D eigenvalue weighted by atomic mass is 16.1. The molecular formula is C14H17N3O. The van der Waals surface area contributed by atoms with Gasteiger partial charge in [-0.3, -0.25) is 4.79 Å². The van der Waals surface area contributed by atoms with Gasteiger partial charge in [0.15, 0.2) is 0 Å². The Kier molecular flexibility index (Phi) is 2.78. The summed E-state index contributed by atoms with van der Waals surface area (Å²) in [5.74, 6) is 0.813. The number of carbonyl (C=O) groups is 1. The normalized spacial score (nSPS) is 14.9. The zero-order chi connectivity index (χ0) is 12.5. The van der Waals surface area contributed by atoms with Crippen LogP contribution in [0, 0.1) is 12.8 Å². The van der Waals surface area contributed by atoms with Gasteiger partial charge in [0.1, 0.15) is 5.65 Å². The van der Waals surface area contributed by atoms with Gasteiger partial charge in [0.05, 0.1) is 17.8 Å². The molecule has 1 amide bonds. The smallest absolute Gasteiger partial charge is 0.226 e. The highest BCUT2D eigenvalue weighted by Gasteiger charge is 2.22. The first kappa shape index (κ1) is 11.3. The van der Waals surface area contributed by atoms with Crippen molar-refractivity contribution in [2.45, 2.75) is 26.2 Å². The summed E-state index contributed by atoms with van der Waals surface area (Å²) < 4.78 is 1.99. The molecule has 1 saturated carbocycles. The predicted octanol–water partition coefficient (Wildman–Crippen LogP) is 1.71. The molecule has 0 aromatic carbocycles. The maximum Gasteiger partial charge on any atom is 0.226 e. The lowest BCUT2D eigenvalue weighted by atomic mass is 10.2. The van der Waals surface area contributed by atoms with Gasteiger partial charge in [-0.25, -0.2) is 4.98 Å². The molecule has 2 heterocycles. The number of carbonyl (C=O) groups excluding carboxylic acids is 1.